The second-order valence-electron chi connectivity index (χ2n) is 27.0. The second-order valence-corrected chi connectivity index (χ2v) is 29.9. The summed E-state index contributed by atoms with van der Waals surface area (Å²) in [6.07, 6.45) is 84.5. The third kappa shape index (κ3) is 75.7. The molecule has 104 heavy (non-hydrogen) atoms. The van der Waals surface area contributed by atoms with Gasteiger partial charge in [0.2, 0.25) is 0 Å². The van der Waals surface area contributed by atoms with Crippen molar-refractivity contribution in [3.05, 3.63) is 122 Å². The molecule has 19 heteroatoms. The number of unbranched alkanes of at least 4 members (excludes halogenated alkanes) is 30. The Hall–Kier alpha value is -4.54. The van der Waals surface area contributed by atoms with Crippen molar-refractivity contribution in [2.75, 3.05) is 39.6 Å². The molecule has 3 N–H and O–H groups in total. The molecule has 0 aliphatic heterocycles. The van der Waals surface area contributed by atoms with Crippen LogP contribution in [0.25, 0.3) is 0 Å². The highest BCUT2D eigenvalue weighted by molar-refractivity contribution is 7.47. The Morgan fingerprint density at radius 2 is 0.500 bits per heavy atom. The maximum absolute atomic E-state index is 13.1. The molecule has 0 heterocycles. The minimum absolute atomic E-state index is 0.0654. The van der Waals surface area contributed by atoms with Crippen LogP contribution in [0, 0.1) is 0 Å². The summed E-state index contributed by atoms with van der Waals surface area (Å²) in [4.78, 5) is 73.1. The molecule has 5 atom stereocenters. The monoisotopic (exact) mass is 1500 g/mol. The first-order valence-corrected chi connectivity index (χ1v) is 43.8. The van der Waals surface area contributed by atoms with E-state index >= 15 is 0 Å². The Labute approximate surface area is 632 Å². The number of carbonyl (C=O) groups excluding carboxylic acids is 4. The lowest BCUT2D eigenvalue weighted by Gasteiger charge is -2.21. The molecule has 0 aromatic carbocycles. The van der Waals surface area contributed by atoms with E-state index in [0.29, 0.717) is 25.7 Å². The zero-order chi connectivity index (χ0) is 76.0. The van der Waals surface area contributed by atoms with E-state index in [4.69, 9.17) is 37.0 Å². The highest BCUT2D eigenvalue weighted by Gasteiger charge is 2.30. The average molecular weight is 1500 g/mol. The molecule has 0 radical (unpaired) electrons. The van der Waals surface area contributed by atoms with Gasteiger partial charge in [-0.1, -0.05) is 297 Å². The summed E-state index contributed by atoms with van der Waals surface area (Å²) >= 11 is 0. The molecule has 0 bridgehead atoms. The van der Waals surface area contributed by atoms with Gasteiger partial charge in [0, 0.05) is 25.7 Å². The average Bonchev–Trinajstić information content (AvgIpc) is 0.918. The zero-order valence-electron chi connectivity index (χ0n) is 65.4. The highest BCUT2D eigenvalue weighted by Crippen LogP contribution is 2.45. The topological polar surface area (TPSA) is 237 Å². The highest BCUT2D eigenvalue weighted by atomic mass is 31.2. The van der Waals surface area contributed by atoms with Gasteiger partial charge in [-0.2, -0.15) is 0 Å². The van der Waals surface area contributed by atoms with E-state index in [2.05, 4.69) is 149 Å². The number of hydrogen-bond acceptors (Lipinski definition) is 15. The van der Waals surface area contributed by atoms with Gasteiger partial charge in [-0.15, -0.1) is 0 Å². The first kappa shape index (κ1) is 99.5. The van der Waals surface area contributed by atoms with Crippen molar-refractivity contribution in [1.82, 2.24) is 0 Å². The molecular weight excluding hydrogens is 1350 g/mol. The molecule has 598 valence electrons. The first-order valence-electron chi connectivity index (χ1n) is 40.8. The minimum Gasteiger partial charge on any atom is -0.462 e. The van der Waals surface area contributed by atoms with Crippen LogP contribution in [-0.4, -0.2) is 96.7 Å². The Morgan fingerprint density at radius 1 is 0.279 bits per heavy atom. The molecule has 17 nitrogen and oxygen atoms in total. The van der Waals surface area contributed by atoms with Crippen molar-refractivity contribution < 1.29 is 80.2 Å². The summed E-state index contributed by atoms with van der Waals surface area (Å²) in [5.74, 6) is -2.23. The minimum atomic E-state index is -4.99. The van der Waals surface area contributed by atoms with Crippen molar-refractivity contribution in [1.29, 1.82) is 0 Å². The summed E-state index contributed by atoms with van der Waals surface area (Å²) in [6, 6.07) is 0. The molecule has 0 saturated heterocycles. The van der Waals surface area contributed by atoms with Gasteiger partial charge >= 0.3 is 39.5 Å². The molecule has 0 aliphatic rings. The fourth-order valence-electron chi connectivity index (χ4n) is 10.8. The molecule has 0 aromatic heterocycles. The Bertz CT molecular complexity index is 2440. The normalized spacial score (nSPS) is 14.5. The summed E-state index contributed by atoms with van der Waals surface area (Å²) in [7, 11) is -9.98. The standard InChI is InChI=1S/C85H146O17P2/c1-5-9-13-17-21-25-29-33-37-38-39-40-44-46-50-54-58-62-66-70-83(88)96-76-81(102-85(90)72-68-64-60-56-52-48-43-36-32-28-24-20-16-12-8-4)78-100-104(93,94)98-74-79(86)73-97-103(91,92)99-77-80(101-84(89)71-67-63-59-55-51-47-42-35-31-27-23-19-15-11-7-3)75-95-82(87)69-65-61-57-53-49-45-41-34-30-26-22-18-14-10-6-2/h9,12-13,16,21-22,24-26,28,33-34,36-37,39-41,43,46,50,79-81,86H,5-8,10-11,14-15,17-20,23,27,29-32,35,38,42,44-45,47-49,51-78H2,1-4H3,(H,91,92)(H,93,94)/b13-9-,16-12-,25-21-,26-22-,28-24-,37-33-,40-39-,41-34-,43-36-,50-46-. The molecule has 5 unspecified atom stereocenters. The number of esters is 4. The first-order chi connectivity index (χ1) is 50.7. The van der Waals surface area contributed by atoms with E-state index in [1.165, 1.54) is 83.5 Å². The van der Waals surface area contributed by atoms with Crippen LogP contribution in [0.1, 0.15) is 336 Å². The fourth-order valence-corrected chi connectivity index (χ4v) is 12.3. The number of phosphoric ester groups is 2. The van der Waals surface area contributed by atoms with E-state index in [-0.39, 0.29) is 25.7 Å². The van der Waals surface area contributed by atoms with Crippen molar-refractivity contribution in [2.45, 2.75) is 354 Å². The Kier molecular flexibility index (Phi) is 73.3. The van der Waals surface area contributed by atoms with Gasteiger partial charge in [0.1, 0.15) is 19.3 Å². The lowest BCUT2D eigenvalue weighted by molar-refractivity contribution is -0.161. The molecule has 0 spiro atoms. The van der Waals surface area contributed by atoms with E-state index in [9.17, 15) is 43.2 Å². The van der Waals surface area contributed by atoms with E-state index < -0.39 is 97.5 Å². The Morgan fingerprint density at radius 3 is 0.798 bits per heavy atom. The zero-order valence-corrected chi connectivity index (χ0v) is 67.2. The van der Waals surface area contributed by atoms with Crippen LogP contribution in [0.15, 0.2) is 122 Å². The Balaban J connectivity index is 5.40. The van der Waals surface area contributed by atoms with Crippen molar-refractivity contribution in [3.63, 3.8) is 0 Å². The summed E-state index contributed by atoms with van der Waals surface area (Å²) in [5, 5.41) is 10.6. The van der Waals surface area contributed by atoms with Crippen molar-refractivity contribution in [3.8, 4) is 0 Å². The van der Waals surface area contributed by atoms with Crippen LogP contribution in [0.3, 0.4) is 0 Å². The van der Waals surface area contributed by atoms with Crippen LogP contribution in [-0.2, 0) is 65.4 Å². The number of allylic oxidation sites excluding steroid dienone is 20. The SMILES string of the molecule is CC/C=C\C/C=C\C/C=C\C/C=C\C/C=C\CCCCCC(=O)OCC(COP(=O)(O)OCC(O)COP(=O)(O)OCC(COC(=O)CCCCCCC/C=C\C/C=C\CCCCC)OC(=O)CCCCCCCCCCCCCCCCC)OC(=O)CCCCCCC/C=C\C/C=C\C/C=C\CC. The predicted octanol–water partition coefficient (Wildman–Crippen LogP) is 23.9. The van der Waals surface area contributed by atoms with Crippen LogP contribution in [0.2, 0.25) is 0 Å². The van der Waals surface area contributed by atoms with Crippen molar-refractivity contribution in [2.24, 2.45) is 0 Å². The quantitative estimate of drug-likeness (QED) is 0.0169. The lowest BCUT2D eigenvalue weighted by Crippen LogP contribution is -2.30. The molecule has 0 fully saturated rings. The lowest BCUT2D eigenvalue weighted by atomic mass is 10.0. The van der Waals surface area contributed by atoms with Gasteiger partial charge in [-0.25, -0.2) is 9.13 Å². The van der Waals surface area contributed by atoms with Gasteiger partial charge in [0.15, 0.2) is 12.2 Å². The number of rotatable bonds is 76. The van der Waals surface area contributed by atoms with Gasteiger partial charge in [0.05, 0.1) is 26.4 Å². The fraction of sp³-hybridized carbons (Fsp3) is 0.718. The summed E-state index contributed by atoms with van der Waals surface area (Å²) in [6.45, 7) is 4.59. The van der Waals surface area contributed by atoms with E-state index in [1.807, 2.05) is 0 Å². The van der Waals surface area contributed by atoms with Gasteiger partial charge in [-0.05, 0) is 135 Å². The molecule has 0 rings (SSSR count). The number of phosphoric acid groups is 2. The summed E-state index contributed by atoms with van der Waals surface area (Å²) in [5.41, 5.74) is 0. The second kappa shape index (κ2) is 76.6. The third-order valence-electron chi connectivity index (χ3n) is 16.9. The van der Waals surface area contributed by atoms with E-state index in [0.717, 1.165) is 173 Å². The van der Waals surface area contributed by atoms with Crippen LogP contribution < -0.4 is 0 Å². The van der Waals surface area contributed by atoms with Gasteiger partial charge in [-0.3, -0.25) is 37.3 Å². The van der Waals surface area contributed by atoms with Gasteiger partial charge < -0.3 is 33.8 Å². The largest absolute Gasteiger partial charge is 0.472 e. The predicted molar refractivity (Wildman–Crippen MR) is 427 cm³/mol. The number of carbonyl (C=O) groups is 4. The summed E-state index contributed by atoms with van der Waals surface area (Å²) < 4.78 is 68.6. The number of ether oxygens (including phenoxy) is 4. The number of aliphatic hydroxyl groups is 1. The smallest absolute Gasteiger partial charge is 0.462 e. The van der Waals surface area contributed by atoms with E-state index in [1.54, 1.807) is 0 Å². The van der Waals surface area contributed by atoms with Crippen LogP contribution in [0.5, 0.6) is 0 Å². The maximum atomic E-state index is 13.1. The van der Waals surface area contributed by atoms with Crippen LogP contribution >= 0.6 is 15.6 Å². The molecule has 0 aliphatic carbocycles. The van der Waals surface area contributed by atoms with Crippen LogP contribution in [0.4, 0.5) is 0 Å². The molecular formula is C85H146O17P2. The molecule has 0 saturated carbocycles. The number of aliphatic hydroxyl groups excluding tert-OH is 1. The number of hydrogen-bond donors (Lipinski definition) is 3. The maximum Gasteiger partial charge on any atom is 0.472 e. The molecule has 0 amide bonds. The molecule has 0 aromatic rings. The van der Waals surface area contributed by atoms with Crippen molar-refractivity contribution >= 4 is 39.5 Å². The third-order valence-corrected chi connectivity index (χ3v) is 18.8. The van der Waals surface area contributed by atoms with Gasteiger partial charge in [0.25, 0.3) is 0 Å².